The lowest BCUT2D eigenvalue weighted by atomic mass is 9.70. The minimum absolute atomic E-state index is 0.141. The van der Waals surface area contributed by atoms with Gasteiger partial charge in [0.25, 0.3) is 0 Å². The highest BCUT2D eigenvalue weighted by Crippen LogP contribution is 2.40. The molecule has 1 nitrogen and oxygen atoms in total. The fourth-order valence-corrected chi connectivity index (χ4v) is 3.93. The fourth-order valence-electron chi connectivity index (χ4n) is 3.93. The van der Waals surface area contributed by atoms with E-state index in [0.717, 1.165) is 24.2 Å². The van der Waals surface area contributed by atoms with Gasteiger partial charge in [-0.2, -0.15) is 0 Å². The second kappa shape index (κ2) is 6.64. The fraction of sp³-hybridized carbons (Fsp3) is 1.00. The molecule has 94 valence electrons. The molecule has 2 rings (SSSR count). The van der Waals surface area contributed by atoms with Crippen LogP contribution in [0.5, 0.6) is 0 Å². The van der Waals surface area contributed by atoms with E-state index in [-0.39, 0.29) is 6.61 Å². The molecule has 0 aromatic heterocycles. The molecule has 0 atom stereocenters. The van der Waals surface area contributed by atoms with Crippen LogP contribution in [-0.2, 0) is 0 Å². The van der Waals surface area contributed by atoms with E-state index in [9.17, 15) is 5.11 Å². The van der Waals surface area contributed by atoms with Gasteiger partial charge in [0.1, 0.15) is 0 Å². The third-order valence-corrected chi connectivity index (χ3v) is 4.96. The van der Waals surface area contributed by atoms with E-state index >= 15 is 0 Å². The molecule has 16 heavy (non-hydrogen) atoms. The highest BCUT2D eigenvalue weighted by Gasteiger charge is 2.27. The average Bonchev–Trinajstić information content (AvgIpc) is 2.38. The van der Waals surface area contributed by atoms with Gasteiger partial charge < -0.3 is 5.11 Å². The van der Waals surface area contributed by atoms with Gasteiger partial charge in [-0.25, -0.2) is 0 Å². The molecule has 0 aromatic carbocycles. The Morgan fingerprint density at radius 3 is 2.00 bits per heavy atom. The van der Waals surface area contributed by atoms with Crippen LogP contribution in [0.1, 0.15) is 70.6 Å². The Morgan fingerprint density at radius 1 is 0.750 bits per heavy atom. The summed E-state index contributed by atoms with van der Waals surface area (Å²) >= 11 is 0. The van der Waals surface area contributed by atoms with Crippen LogP contribution < -0.4 is 5.11 Å². The summed E-state index contributed by atoms with van der Waals surface area (Å²) in [7, 11) is 0. The van der Waals surface area contributed by atoms with Crippen molar-refractivity contribution in [3.05, 3.63) is 0 Å². The predicted molar refractivity (Wildman–Crippen MR) is 66.1 cm³/mol. The molecule has 0 spiro atoms. The van der Waals surface area contributed by atoms with Gasteiger partial charge in [0.05, 0.1) is 0 Å². The van der Waals surface area contributed by atoms with Gasteiger partial charge >= 0.3 is 0 Å². The van der Waals surface area contributed by atoms with Crippen molar-refractivity contribution in [2.75, 3.05) is 6.61 Å². The Kier molecular flexibility index (Phi) is 5.15. The molecule has 0 unspecified atom stereocenters. The van der Waals surface area contributed by atoms with Crippen molar-refractivity contribution in [1.29, 1.82) is 0 Å². The van der Waals surface area contributed by atoms with Gasteiger partial charge in [0, 0.05) is 0 Å². The Bertz CT molecular complexity index is 176. The maximum atomic E-state index is 10.5. The minimum atomic E-state index is 0.141. The maximum absolute atomic E-state index is 10.5. The van der Waals surface area contributed by atoms with Crippen LogP contribution in [0.2, 0.25) is 0 Å². The Balaban J connectivity index is 1.67. The molecular weight excluding hydrogens is 196 g/mol. The van der Waals surface area contributed by atoms with Gasteiger partial charge in [-0.3, -0.25) is 0 Å². The first kappa shape index (κ1) is 12.4. The first-order chi connectivity index (χ1) is 7.90. The molecule has 0 N–H and O–H groups in total. The van der Waals surface area contributed by atoms with Crippen molar-refractivity contribution >= 4 is 0 Å². The van der Waals surface area contributed by atoms with E-state index in [0.29, 0.717) is 0 Å². The number of hydrogen-bond donors (Lipinski definition) is 0. The topological polar surface area (TPSA) is 23.1 Å². The van der Waals surface area contributed by atoms with E-state index in [2.05, 4.69) is 0 Å². The minimum Gasteiger partial charge on any atom is -0.854 e. The van der Waals surface area contributed by atoms with Gasteiger partial charge in [-0.15, -0.1) is 6.61 Å². The normalized spacial score (nSPS) is 32.8. The third kappa shape index (κ3) is 3.48. The lowest BCUT2D eigenvalue weighted by Gasteiger charge is -2.36. The van der Waals surface area contributed by atoms with Crippen molar-refractivity contribution in [3.63, 3.8) is 0 Å². The largest absolute Gasteiger partial charge is 0.854 e. The zero-order valence-corrected chi connectivity index (χ0v) is 10.6. The van der Waals surface area contributed by atoms with Crippen LogP contribution >= 0.6 is 0 Å². The van der Waals surface area contributed by atoms with Crippen LogP contribution in [0, 0.1) is 17.8 Å². The first-order valence-electron chi connectivity index (χ1n) is 7.48. The molecule has 0 aromatic rings. The maximum Gasteiger partial charge on any atom is -0.0386 e. The summed E-state index contributed by atoms with van der Waals surface area (Å²) in [6.07, 6.45) is 15.4. The molecule has 2 aliphatic rings. The number of rotatable bonds is 4. The smallest absolute Gasteiger partial charge is 0.0386 e. The third-order valence-electron chi connectivity index (χ3n) is 4.96. The van der Waals surface area contributed by atoms with E-state index in [1.165, 1.54) is 64.2 Å². The second-order valence-electron chi connectivity index (χ2n) is 6.03. The van der Waals surface area contributed by atoms with E-state index < -0.39 is 0 Å². The molecule has 2 aliphatic carbocycles. The highest BCUT2D eigenvalue weighted by molar-refractivity contribution is 4.79. The highest BCUT2D eigenvalue weighted by atomic mass is 16.2. The lowest BCUT2D eigenvalue weighted by molar-refractivity contribution is -0.368. The Labute approximate surface area is 101 Å². The van der Waals surface area contributed by atoms with Gasteiger partial charge in [-0.1, -0.05) is 57.8 Å². The van der Waals surface area contributed by atoms with Gasteiger partial charge in [0.2, 0.25) is 0 Å². The molecule has 2 saturated carbocycles. The molecule has 0 bridgehead atoms. The molecule has 0 radical (unpaired) electrons. The summed E-state index contributed by atoms with van der Waals surface area (Å²) in [5, 5.41) is 10.5. The zero-order chi connectivity index (χ0) is 11.2. The molecule has 0 amide bonds. The Hall–Kier alpha value is -0.0400. The summed E-state index contributed by atoms with van der Waals surface area (Å²) in [5.41, 5.74) is 0. The summed E-state index contributed by atoms with van der Waals surface area (Å²) in [6.45, 7) is 0.141. The van der Waals surface area contributed by atoms with Gasteiger partial charge in [-0.05, 0) is 30.6 Å². The Morgan fingerprint density at radius 2 is 1.38 bits per heavy atom. The van der Waals surface area contributed by atoms with Gasteiger partial charge in [0.15, 0.2) is 0 Å². The van der Waals surface area contributed by atoms with Crippen LogP contribution in [0.15, 0.2) is 0 Å². The van der Waals surface area contributed by atoms with Crippen molar-refractivity contribution in [1.82, 2.24) is 0 Å². The van der Waals surface area contributed by atoms with Crippen molar-refractivity contribution in [2.24, 2.45) is 17.8 Å². The molecule has 2 fully saturated rings. The van der Waals surface area contributed by atoms with Crippen molar-refractivity contribution < 1.29 is 5.11 Å². The quantitative estimate of drug-likeness (QED) is 0.715. The van der Waals surface area contributed by atoms with Crippen LogP contribution in [0.3, 0.4) is 0 Å². The predicted octanol–water partition coefficient (Wildman–Crippen LogP) is 3.51. The van der Waals surface area contributed by atoms with Crippen LogP contribution in [0.4, 0.5) is 0 Å². The summed E-state index contributed by atoms with van der Waals surface area (Å²) < 4.78 is 0. The summed E-state index contributed by atoms with van der Waals surface area (Å²) in [5.74, 6) is 3.01. The lowest BCUT2D eigenvalue weighted by Crippen LogP contribution is -2.24. The molecular formula is C15H27O-. The molecule has 1 heteroatoms. The standard InChI is InChI=1S/C15H27O/c16-12-4-5-13-8-10-15(11-9-13)14-6-2-1-3-7-14/h13-15H,1-12H2/q-1. The van der Waals surface area contributed by atoms with Crippen molar-refractivity contribution in [3.8, 4) is 0 Å². The SMILES string of the molecule is [O-]CCCC1CCC(C2CCCCC2)CC1. The van der Waals surface area contributed by atoms with Crippen molar-refractivity contribution in [2.45, 2.75) is 70.6 Å². The summed E-state index contributed by atoms with van der Waals surface area (Å²) in [6, 6.07) is 0. The van der Waals surface area contributed by atoms with E-state index in [1.54, 1.807) is 0 Å². The molecule has 0 heterocycles. The van der Waals surface area contributed by atoms with E-state index in [1.807, 2.05) is 0 Å². The first-order valence-corrected chi connectivity index (χ1v) is 7.48. The van der Waals surface area contributed by atoms with Crippen LogP contribution in [-0.4, -0.2) is 6.61 Å². The van der Waals surface area contributed by atoms with E-state index in [4.69, 9.17) is 0 Å². The zero-order valence-electron chi connectivity index (χ0n) is 10.6. The monoisotopic (exact) mass is 223 g/mol. The van der Waals surface area contributed by atoms with Crippen LogP contribution in [0.25, 0.3) is 0 Å². The molecule has 0 aliphatic heterocycles. The average molecular weight is 223 g/mol. The molecule has 0 saturated heterocycles. The number of hydrogen-bond acceptors (Lipinski definition) is 1. The second-order valence-corrected chi connectivity index (χ2v) is 6.03. The summed E-state index contributed by atoms with van der Waals surface area (Å²) in [4.78, 5) is 0.